The Balaban J connectivity index is 1.23. The molecule has 0 bridgehead atoms. The monoisotopic (exact) mass is 343 g/mol. The lowest BCUT2D eigenvalue weighted by molar-refractivity contribution is -0.142. The minimum absolute atomic E-state index is 0.00681. The molecule has 2 aliphatic heterocycles. The molecule has 2 saturated heterocycles. The predicted octanol–water partition coefficient (Wildman–Crippen LogP) is 1.58. The Morgan fingerprint density at radius 1 is 1.04 bits per heavy atom. The van der Waals surface area contributed by atoms with Gasteiger partial charge in [-0.3, -0.25) is 4.79 Å². The molecule has 6 heteroatoms. The van der Waals surface area contributed by atoms with E-state index in [4.69, 9.17) is 4.74 Å². The minimum Gasteiger partial charge on any atom is -0.368 e. The van der Waals surface area contributed by atoms with E-state index in [1.807, 2.05) is 28.0 Å². The number of carbonyl (C=O) groups excluding carboxylic acids is 2. The molecule has 25 heavy (non-hydrogen) atoms. The molecular weight excluding hydrogens is 318 g/mol. The number of nitrogens with one attached hydrogen (secondary N) is 1. The molecule has 1 N–H and O–H groups in total. The van der Waals surface area contributed by atoms with Crippen LogP contribution in [0.15, 0.2) is 30.3 Å². The molecule has 4 rings (SSSR count). The van der Waals surface area contributed by atoms with Crippen LogP contribution in [-0.4, -0.2) is 66.7 Å². The first kappa shape index (κ1) is 16.4. The average molecular weight is 343 g/mol. The molecule has 0 radical (unpaired) electrons. The third-order valence-corrected chi connectivity index (χ3v) is 5.41. The lowest BCUT2D eigenvalue weighted by Crippen LogP contribution is -2.55. The van der Waals surface area contributed by atoms with Gasteiger partial charge in [0.1, 0.15) is 6.10 Å². The lowest BCUT2D eigenvalue weighted by atomic mass is 10.1. The number of piperazine rings is 1. The maximum Gasteiger partial charge on any atom is 0.317 e. The van der Waals surface area contributed by atoms with Gasteiger partial charge >= 0.3 is 6.03 Å². The van der Waals surface area contributed by atoms with Crippen molar-refractivity contribution in [2.75, 3.05) is 32.8 Å². The van der Waals surface area contributed by atoms with E-state index in [1.165, 1.54) is 5.56 Å². The predicted molar refractivity (Wildman–Crippen MR) is 93.2 cm³/mol. The van der Waals surface area contributed by atoms with Gasteiger partial charge in [-0.05, 0) is 24.8 Å². The van der Waals surface area contributed by atoms with Crippen LogP contribution >= 0.6 is 0 Å². The Kier molecular flexibility index (Phi) is 4.61. The summed E-state index contributed by atoms with van der Waals surface area (Å²) in [5, 5.41) is 3.13. The Bertz CT molecular complexity index is 622. The first-order valence-electron chi connectivity index (χ1n) is 9.23. The van der Waals surface area contributed by atoms with Crippen molar-refractivity contribution >= 4 is 11.9 Å². The zero-order chi connectivity index (χ0) is 17.2. The molecule has 1 saturated carbocycles. The molecular formula is C19H25N3O3. The van der Waals surface area contributed by atoms with Gasteiger partial charge in [0, 0.05) is 44.7 Å². The van der Waals surface area contributed by atoms with Gasteiger partial charge in [-0.25, -0.2) is 4.79 Å². The SMILES string of the molecule is O=C(N[C@@H]1C[C@H]1c1ccccc1)N1CCN(C(=O)[C@H]2CCCO2)CC1. The highest BCUT2D eigenvalue weighted by Gasteiger charge is 2.40. The van der Waals surface area contributed by atoms with E-state index < -0.39 is 0 Å². The van der Waals surface area contributed by atoms with E-state index in [1.54, 1.807) is 0 Å². The van der Waals surface area contributed by atoms with Gasteiger partial charge in [0.05, 0.1) is 0 Å². The smallest absolute Gasteiger partial charge is 0.317 e. The zero-order valence-corrected chi connectivity index (χ0v) is 14.4. The van der Waals surface area contributed by atoms with Gasteiger partial charge in [-0.2, -0.15) is 0 Å². The summed E-state index contributed by atoms with van der Waals surface area (Å²) in [6.45, 7) is 3.06. The quantitative estimate of drug-likeness (QED) is 0.906. The Hall–Kier alpha value is -2.08. The minimum atomic E-state index is -0.265. The molecule has 1 aliphatic carbocycles. The van der Waals surface area contributed by atoms with Gasteiger partial charge in [-0.15, -0.1) is 0 Å². The van der Waals surface area contributed by atoms with Crippen molar-refractivity contribution in [2.45, 2.75) is 37.3 Å². The fraction of sp³-hybridized carbons (Fsp3) is 0.579. The molecule has 1 aromatic carbocycles. The van der Waals surface area contributed by atoms with Crippen LogP contribution in [0.3, 0.4) is 0 Å². The first-order valence-corrected chi connectivity index (χ1v) is 9.23. The zero-order valence-electron chi connectivity index (χ0n) is 14.4. The second kappa shape index (κ2) is 7.04. The van der Waals surface area contributed by atoms with Crippen molar-refractivity contribution in [2.24, 2.45) is 0 Å². The van der Waals surface area contributed by atoms with E-state index in [2.05, 4.69) is 17.4 Å². The Labute approximate surface area is 148 Å². The van der Waals surface area contributed by atoms with Crippen LogP contribution < -0.4 is 5.32 Å². The largest absolute Gasteiger partial charge is 0.368 e. The summed E-state index contributed by atoms with van der Waals surface area (Å²) >= 11 is 0. The normalized spacial score (nSPS) is 28.7. The number of carbonyl (C=O) groups is 2. The van der Waals surface area contributed by atoms with Crippen LogP contribution in [0.4, 0.5) is 4.79 Å². The van der Waals surface area contributed by atoms with E-state index in [0.29, 0.717) is 38.7 Å². The molecule has 0 spiro atoms. The molecule has 0 aromatic heterocycles. The van der Waals surface area contributed by atoms with Crippen molar-refractivity contribution in [1.29, 1.82) is 0 Å². The lowest BCUT2D eigenvalue weighted by Gasteiger charge is -2.35. The highest BCUT2D eigenvalue weighted by atomic mass is 16.5. The standard InChI is InChI=1S/C19H25N3O3/c23-18(17-7-4-12-25-17)21-8-10-22(11-9-21)19(24)20-16-13-15(16)14-5-2-1-3-6-14/h1-3,5-6,15-17H,4,7-13H2,(H,20,24)/t15-,16+,17+/m0/s1. The summed E-state index contributed by atoms with van der Waals surface area (Å²) in [6, 6.07) is 10.6. The Morgan fingerprint density at radius 2 is 1.76 bits per heavy atom. The van der Waals surface area contributed by atoms with E-state index in [0.717, 1.165) is 19.3 Å². The van der Waals surface area contributed by atoms with E-state index in [9.17, 15) is 9.59 Å². The number of ether oxygens (including phenoxy) is 1. The van der Waals surface area contributed by atoms with Gasteiger partial charge in [0.25, 0.3) is 5.91 Å². The maximum atomic E-state index is 12.4. The fourth-order valence-electron chi connectivity index (χ4n) is 3.78. The highest BCUT2D eigenvalue weighted by Crippen LogP contribution is 2.40. The summed E-state index contributed by atoms with van der Waals surface area (Å²) in [7, 11) is 0. The molecule has 3 amide bonds. The van der Waals surface area contributed by atoms with Crippen LogP contribution in [0.1, 0.15) is 30.7 Å². The van der Waals surface area contributed by atoms with Gasteiger partial charge in [0.15, 0.2) is 0 Å². The van der Waals surface area contributed by atoms with Gasteiger partial charge in [-0.1, -0.05) is 30.3 Å². The molecule has 6 nitrogen and oxygen atoms in total. The summed E-state index contributed by atoms with van der Waals surface area (Å²) in [5.41, 5.74) is 1.29. The summed E-state index contributed by atoms with van der Waals surface area (Å²) in [4.78, 5) is 28.4. The number of rotatable bonds is 3. The number of hydrogen-bond donors (Lipinski definition) is 1. The number of hydrogen-bond acceptors (Lipinski definition) is 3. The first-order chi connectivity index (χ1) is 12.2. The summed E-state index contributed by atoms with van der Waals surface area (Å²) in [5.74, 6) is 0.524. The molecule has 134 valence electrons. The second-order valence-electron chi connectivity index (χ2n) is 7.12. The fourth-order valence-corrected chi connectivity index (χ4v) is 3.78. The van der Waals surface area contributed by atoms with E-state index in [-0.39, 0.29) is 24.1 Å². The molecule has 3 atom stereocenters. The Morgan fingerprint density at radius 3 is 2.44 bits per heavy atom. The van der Waals surface area contributed by atoms with Crippen LogP contribution in [0.25, 0.3) is 0 Å². The number of nitrogens with zero attached hydrogens (tertiary/aromatic N) is 2. The van der Waals surface area contributed by atoms with Crippen LogP contribution in [-0.2, 0) is 9.53 Å². The molecule has 2 heterocycles. The molecule has 3 aliphatic rings. The van der Waals surface area contributed by atoms with Crippen LogP contribution in [0.2, 0.25) is 0 Å². The summed E-state index contributed by atoms with van der Waals surface area (Å²) in [6.07, 6.45) is 2.52. The molecule has 1 aromatic rings. The van der Waals surface area contributed by atoms with E-state index >= 15 is 0 Å². The number of amides is 3. The van der Waals surface area contributed by atoms with Crippen molar-refractivity contribution in [3.63, 3.8) is 0 Å². The molecule has 3 fully saturated rings. The third-order valence-electron chi connectivity index (χ3n) is 5.41. The van der Waals surface area contributed by atoms with Crippen molar-refractivity contribution in [3.05, 3.63) is 35.9 Å². The van der Waals surface area contributed by atoms with Crippen molar-refractivity contribution in [1.82, 2.24) is 15.1 Å². The summed E-state index contributed by atoms with van der Waals surface area (Å²) < 4.78 is 5.47. The van der Waals surface area contributed by atoms with Crippen LogP contribution in [0, 0.1) is 0 Å². The van der Waals surface area contributed by atoms with Crippen LogP contribution in [0.5, 0.6) is 0 Å². The molecule has 0 unspecified atom stereocenters. The van der Waals surface area contributed by atoms with Crippen molar-refractivity contribution < 1.29 is 14.3 Å². The maximum absolute atomic E-state index is 12.4. The number of urea groups is 1. The van der Waals surface area contributed by atoms with Gasteiger partial charge in [0.2, 0.25) is 0 Å². The third kappa shape index (κ3) is 3.63. The second-order valence-corrected chi connectivity index (χ2v) is 7.12. The van der Waals surface area contributed by atoms with Gasteiger partial charge < -0.3 is 19.9 Å². The highest BCUT2D eigenvalue weighted by molar-refractivity contribution is 5.82. The topological polar surface area (TPSA) is 61.9 Å². The average Bonchev–Trinajstić information content (AvgIpc) is 3.20. The van der Waals surface area contributed by atoms with Crippen molar-refractivity contribution in [3.8, 4) is 0 Å². The number of benzene rings is 1.